The minimum Gasteiger partial charge on any atom is -0.508 e. The lowest BCUT2D eigenvalue weighted by Gasteiger charge is -2.25. The highest BCUT2D eigenvalue weighted by atomic mass is 19.1. The first kappa shape index (κ1) is 16.7. The van der Waals surface area contributed by atoms with E-state index in [1.165, 1.54) is 29.6 Å². The van der Waals surface area contributed by atoms with Crippen LogP contribution in [0.3, 0.4) is 0 Å². The SMILES string of the molecule is Nc1ncnc2c1c(-c1cc(O)cc(F)c1)nn2C1CCc2ccccc2C1. The number of rotatable bonds is 2. The molecule has 140 valence electrons. The van der Waals surface area contributed by atoms with Gasteiger partial charge in [-0.15, -0.1) is 0 Å². The topological polar surface area (TPSA) is 89.8 Å². The Morgan fingerprint density at radius 1 is 1.11 bits per heavy atom. The number of phenolic OH excluding ortho intramolecular Hbond substituents is 1. The number of phenols is 1. The van der Waals surface area contributed by atoms with E-state index in [0.29, 0.717) is 22.3 Å². The van der Waals surface area contributed by atoms with Crippen molar-refractivity contribution in [2.45, 2.75) is 25.3 Å². The third-order valence-corrected chi connectivity index (χ3v) is 5.34. The summed E-state index contributed by atoms with van der Waals surface area (Å²) in [5, 5.41) is 15.2. The van der Waals surface area contributed by atoms with Gasteiger partial charge in [-0.05, 0) is 42.5 Å². The predicted octanol–water partition coefficient (Wildman–Crippen LogP) is 3.65. The molecule has 5 rings (SSSR count). The predicted molar refractivity (Wildman–Crippen MR) is 104 cm³/mol. The van der Waals surface area contributed by atoms with Gasteiger partial charge >= 0.3 is 0 Å². The molecule has 2 aromatic carbocycles. The second kappa shape index (κ2) is 6.30. The lowest BCUT2D eigenvalue weighted by atomic mass is 9.88. The maximum absolute atomic E-state index is 13.9. The molecule has 0 amide bonds. The van der Waals surface area contributed by atoms with Crippen molar-refractivity contribution in [3.05, 3.63) is 65.7 Å². The van der Waals surface area contributed by atoms with Gasteiger partial charge in [0.25, 0.3) is 0 Å². The lowest BCUT2D eigenvalue weighted by Crippen LogP contribution is -2.20. The van der Waals surface area contributed by atoms with E-state index in [1.807, 2.05) is 10.7 Å². The molecule has 3 N–H and O–H groups in total. The first-order chi connectivity index (χ1) is 13.6. The number of benzene rings is 2. The highest BCUT2D eigenvalue weighted by Gasteiger charge is 2.26. The summed E-state index contributed by atoms with van der Waals surface area (Å²) >= 11 is 0. The molecule has 6 nitrogen and oxygen atoms in total. The van der Waals surface area contributed by atoms with Crippen LogP contribution >= 0.6 is 0 Å². The largest absolute Gasteiger partial charge is 0.508 e. The zero-order valence-electron chi connectivity index (χ0n) is 15.0. The van der Waals surface area contributed by atoms with Crippen LogP contribution in [-0.4, -0.2) is 24.9 Å². The molecule has 4 aromatic rings. The number of aryl methyl sites for hydroxylation is 1. The average Bonchev–Trinajstić information content (AvgIpc) is 3.08. The molecular weight excluding hydrogens is 357 g/mol. The van der Waals surface area contributed by atoms with Crippen molar-refractivity contribution in [1.29, 1.82) is 0 Å². The van der Waals surface area contributed by atoms with Crippen LogP contribution in [0, 0.1) is 5.82 Å². The number of nitrogens with two attached hydrogens (primary N) is 1. The van der Waals surface area contributed by atoms with Crippen molar-refractivity contribution in [2.24, 2.45) is 0 Å². The zero-order chi connectivity index (χ0) is 19.3. The van der Waals surface area contributed by atoms with Crippen LogP contribution < -0.4 is 5.73 Å². The van der Waals surface area contributed by atoms with Gasteiger partial charge in [0.2, 0.25) is 0 Å². The highest BCUT2D eigenvalue weighted by Crippen LogP contribution is 2.36. The molecular formula is C21H18FN5O. The molecule has 0 aliphatic heterocycles. The molecule has 0 radical (unpaired) electrons. The molecule has 0 fully saturated rings. The number of nitrogens with zero attached hydrogens (tertiary/aromatic N) is 4. The number of halogens is 1. The maximum atomic E-state index is 13.9. The molecule has 2 heterocycles. The second-order valence-electron chi connectivity index (χ2n) is 7.11. The fourth-order valence-corrected chi connectivity index (χ4v) is 4.05. The van der Waals surface area contributed by atoms with Crippen molar-refractivity contribution < 1.29 is 9.50 Å². The number of nitrogen functional groups attached to an aromatic ring is 1. The van der Waals surface area contributed by atoms with E-state index in [1.54, 1.807) is 0 Å². The number of aromatic hydroxyl groups is 1. The number of hydrogen-bond donors (Lipinski definition) is 2. The number of anilines is 1. The standard InChI is InChI=1S/C21H18FN5O/c22-15-7-14(9-17(28)10-15)19-18-20(23)24-11-25-21(18)27(26-19)16-6-5-12-3-1-2-4-13(12)8-16/h1-4,7,9-11,16,28H,5-6,8H2,(H2,23,24,25). The van der Waals surface area contributed by atoms with Crippen molar-refractivity contribution in [2.75, 3.05) is 5.73 Å². The Morgan fingerprint density at radius 2 is 1.93 bits per heavy atom. The van der Waals surface area contributed by atoms with Crippen LogP contribution in [0.5, 0.6) is 5.75 Å². The molecule has 2 aromatic heterocycles. The molecule has 1 aliphatic carbocycles. The molecule has 1 aliphatic rings. The molecule has 0 saturated heterocycles. The van der Waals surface area contributed by atoms with E-state index in [4.69, 9.17) is 10.8 Å². The molecule has 0 bridgehead atoms. The van der Waals surface area contributed by atoms with Gasteiger partial charge in [0.1, 0.15) is 29.4 Å². The van der Waals surface area contributed by atoms with Gasteiger partial charge in [-0.25, -0.2) is 19.0 Å². The van der Waals surface area contributed by atoms with Crippen LogP contribution in [0.15, 0.2) is 48.8 Å². The monoisotopic (exact) mass is 375 g/mol. The average molecular weight is 375 g/mol. The Kier molecular flexibility index (Phi) is 3.75. The van der Waals surface area contributed by atoms with Crippen molar-refractivity contribution >= 4 is 16.9 Å². The fraction of sp³-hybridized carbons (Fsp3) is 0.190. The van der Waals surface area contributed by atoms with Crippen LogP contribution in [-0.2, 0) is 12.8 Å². The molecule has 7 heteroatoms. The van der Waals surface area contributed by atoms with Crippen LogP contribution in [0.1, 0.15) is 23.6 Å². The third-order valence-electron chi connectivity index (χ3n) is 5.34. The number of fused-ring (bicyclic) bond motifs is 2. The van der Waals surface area contributed by atoms with Crippen LogP contribution in [0.4, 0.5) is 10.2 Å². The Bertz CT molecular complexity index is 1180. The first-order valence-electron chi connectivity index (χ1n) is 9.15. The Morgan fingerprint density at radius 3 is 2.75 bits per heavy atom. The summed E-state index contributed by atoms with van der Waals surface area (Å²) in [5.74, 6) is -0.425. The highest BCUT2D eigenvalue weighted by molar-refractivity contribution is 5.98. The van der Waals surface area contributed by atoms with Crippen molar-refractivity contribution in [3.63, 3.8) is 0 Å². The van der Waals surface area contributed by atoms with Crippen molar-refractivity contribution in [3.8, 4) is 17.0 Å². The quantitative estimate of drug-likeness (QED) is 0.558. The normalized spacial score (nSPS) is 16.2. The second-order valence-corrected chi connectivity index (χ2v) is 7.11. The third kappa shape index (κ3) is 2.67. The molecule has 0 spiro atoms. The fourth-order valence-electron chi connectivity index (χ4n) is 4.05. The summed E-state index contributed by atoms with van der Waals surface area (Å²) < 4.78 is 15.8. The minimum atomic E-state index is -0.542. The molecule has 1 atom stereocenters. The molecule has 1 unspecified atom stereocenters. The zero-order valence-corrected chi connectivity index (χ0v) is 15.0. The Hall–Kier alpha value is -3.48. The summed E-state index contributed by atoms with van der Waals surface area (Å²) in [6, 6.07) is 12.4. The van der Waals surface area contributed by atoms with E-state index < -0.39 is 5.82 Å². The van der Waals surface area contributed by atoms with E-state index >= 15 is 0 Å². The smallest absolute Gasteiger partial charge is 0.164 e. The number of aromatic nitrogens is 4. The van der Waals surface area contributed by atoms with Gasteiger partial charge < -0.3 is 10.8 Å². The minimum absolute atomic E-state index is 0.114. The van der Waals surface area contributed by atoms with E-state index in [9.17, 15) is 9.50 Å². The van der Waals surface area contributed by atoms with E-state index in [-0.39, 0.29) is 17.6 Å². The van der Waals surface area contributed by atoms with Crippen molar-refractivity contribution in [1.82, 2.24) is 19.7 Å². The number of hydrogen-bond acceptors (Lipinski definition) is 5. The maximum Gasteiger partial charge on any atom is 0.164 e. The Balaban J connectivity index is 1.68. The van der Waals surface area contributed by atoms with E-state index in [2.05, 4.69) is 28.2 Å². The van der Waals surface area contributed by atoms with Crippen LogP contribution in [0.25, 0.3) is 22.3 Å². The summed E-state index contributed by atoms with van der Waals surface area (Å²) in [6.45, 7) is 0. The van der Waals surface area contributed by atoms with Gasteiger partial charge in [0.15, 0.2) is 5.65 Å². The van der Waals surface area contributed by atoms with Gasteiger partial charge in [-0.2, -0.15) is 5.10 Å². The summed E-state index contributed by atoms with van der Waals surface area (Å²) in [6.07, 6.45) is 4.13. The van der Waals surface area contributed by atoms with E-state index in [0.717, 1.165) is 25.3 Å². The lowest BCUT2D eigenvalue weighted by molar-refractivity contribution is 0.415. The van der Waals surface area contributed by atoms with Gasteiger partial charge in [0, 0.05) is 11.6 Å². The summed E-state index contributed by atoms with van der Waals surface area (Å²) in [5.41, 5.74) is 10.3. The summed E-state index contributed by atoms with van der Waals surface area (Å²) in [7, 11) is 0. The molecule has 28 heavy (non-hydrogen) atoms. The summed E-state index contributed by atoms with van der Waals surface area (Å²) in [4.78, 5) is 8.51. The van der Waals surface area contributed by atoms with Crippen LogP contribution in [0.2, 0.25) is 0 Å². The van der Waals surface area contributed by atoms with Gasteiger partial charge in [-0.3, -0.25) is 0 Å². The first-order valence-corrected chi connectivity index (χ1v) is 9.15. The Labute approximate surface area is 160 Å². The molecule has 0 saturated carbocycles. The van der Waals surface area contributed by atoms with Gasteiger partial charge in [0.05, 0.1) is 11.4 Å². The van der Waals surface area contributed by atoms with Gasteiger partial charge in [-0.1, -0.05) is 24.3 Å².